The molecule has 0 radical (unpaired) electrons. The lowest BCUT2D eigenvalue weighted by atomic mass is 10.2. The zero-order valence-electron chi connectivity index (χ0n) is 10.4. The van der Waals surface area contributed by atoms with Crippen molar-refractivity contribution in [2.75, 3.05) is 18.9 Å². The van der Waals surface area contributed by atoms with Crippen LogP contribution in [-0.4, -0.2) is 41.1 Å². The monoisotopic (exact) mass is 267 g/mol. The van der Waals surface area contributed by atoms with E-state index in [2.05, 4.69) is 15.5 Å². The molecule has 5 nitrogen and oxygen atoms in total. The quantitative estimate of drug-likeness (QED) is 0.811. The molecule has 0 bridgehead atoms. The highest BCUT2D eigenvalue weighted by Gasteiger charge is 2.16. The third kappa shape index (κ3) is 4.27. The fraction of sp³-hybridized carbons (Fsp3) is 0.583. The average Bonchev–Trinajstić information content (AvgIpc) is 2.89. The predicted octanol–water partition coefficient (Wildman–Crippen LogP) is 1.17. The Hall–Kier alpha value is -1.14. The van der Waals surface area contributed by atoms with Crippen LogP contribution < -0.4 is 5.32 Å². The highest BCUT2D eigenvalue weighted by Crippen LogP contribution is 2.14. The Kier molecular flexibility index (Phi) is 4.95. The van der Waals surface area contributed by atoms with Gasteiger partial charge in [-0.05, 0) is 31.9 Å². The molecule has 18 heavy (non-hydrogen) atoms. The van der Waals surface area contributed by atoms with E-state index in [0.29, 0.717) is 12.3 Å². The number of nitrogens with zero attached hydrogens (tertiary/aromatic N) is 2. The fourth-order valence-corrected chi connectivity index (χ4v) is 2.33. The molecule has 2 heterocycles. The molecule has 1 fully saturated rings. The van der Waals surface area contributed by atoms with Crippen LogP contribution in [-0.2, 0) is 9.53 Å². The smallest absolute Gasteiger partial charge is 0.230 e. The molecule has 1 N–H and O–H groups in total. The second-order valence-electron chi connectivity index (χ2n) is 4.24. The number of ether oxygens (including phenoxy) is 1. The van der Waals surface area contributed by atoms with Crippen LogP contribution in [0.25, 0.3) is 0 Å². The van der Waals surface area contributed by atoms with Crippen LogP contribution in [0.2, 0.25) is 0 Å². The van der Waals surface area contributed by atoms with Crippen molar-refractivity contribution in [3.63, 3.8) is 0 Å². The van der Waals surface area contributed by atoms with E-state index in [4.69, 9.17) is 4.74 Å². The van der Waals surface area contributed by atoms with Gasteiger partial charge < -0.3 is 10.1 Å². The fourth-order valence-electron chi connectivity index (χ4n) is 1.69. The van der Waals surface area contributed by atoms with Crippen molar-refractivity contribution in [3.05, 3.63) is 17.8 Å². The summed E-state index contributed by atoms with van der Waals surface area (Å²) < 4.78 is 5.44. The summed E-state index contributed by atoms with van der Waals surface area (Å²) in [6.07, 6.45) is 2.32. The lowest BCUT2D eigenvalue weighted by Gasteiger charge is -2.10. The van der Waals surface area contributed by atoms with Gasteiger partial charge >= 0.3 is 0 Å². The second-order valence-corrected chi connectivity index (χ2v) is 5.24. The molecule has 1 saturated heterocycles. The van der Waals surface area contributed by atoms with Crippen molar-refractivity contribution in [3.8, 4) is 0 Å². The van der Waals surface area contributed by atoms with Gasteiger partial charge in [-0.3, -0.25) is 4.79 Å². The van der Waals surface area contributed by atoms with Gasteiger partial charge in [0.05, 0.1) is 17.6 Å². The molecule has 1 aromatic heterocycles. The van der Waals surface area contributed by atoms with Crippen molar-refractivity contribution in [1.82, 2.24) is 15.5 Å². The van der Waals surface area contributed by atoms with Gasteiger partial charge in [0, 0.05) is 13.2 Å². The maximum atomic E-state index is 11.6. The summed E-state index contributed by atoms with van der Waals surface area (Å²) in [7, 11) is 0. The third-order valence-corrected chi connectivity index (χ3v) is 3.60. The molecule has 98 valence electrons. The minimum Gasteiger partial charge on any atom is -0.376 e. The van der Waals surface area contributed by atoms with Crippen LogP contribution >= 0.6 is 11.8 Å². The lowest BCUT2D eigenvalue weighted by Crippen LogP contribution is -2.32. The van der Waals surface area contributed by atoms with E-state index in [0.717, 1.165) is 30.2 Å². The number of aromatic nitrogens is 2. The largest absolute Gasteiger partial charge is 0.376 e. The highest BCUT2D eigenvalue weighted by molar-refractivity contribution is 7.99. The molecule has 1 aliphatic rings. The summed E-state index contributed by atoms with van der Waals surface area (Å²) in [6.45, 7) is 3.31. The predicted molar refractivity (Wildman–Crippen MR) is 69.5 cm³/mol. The molecular formula is C12H17N3O2S. The van der Waals surface area contributed by atoms with Gasteiger partial charge in [0.15, 0.2) is 0 Å². The van der Waals surface area contributed by atoms with Crippen LogP contribution in [0.3, 0.4) is 0 Å². The Morgan fingerprint density at radius 1 is 1.56 bits per heavy atom. The van der Waals surface area contributed by atoms with Gasteiger partial charge in [-0.25, -0.2) is 0 Å². The number of hydrogen-bond acceptors (Lipinski definition) is 5. The summed E-state index contributed by atoms with van der Waals surface area (Å²) in [6, 6.07) is 3.76. The Bertz CT molecular complexity index is 391. The number of nitrogens with one attached hydrogen (secondary N) is 1. The third-order valence-electron chi connectivity index (χ3n) is 2.68. The topological polar surface area (TPSA) is 64.1 Å². The van der Waals surface area contributed by atoms with Crippen LogP contribution in [0, 0.1) is 6.92 Å². The molecule has 6 heteroatoms. The minimum absolute atomic E-state index is 0.0119. The second kappa shape index (κ2) is 6.70. The maximum absolute atomic E-state index is 11.6. The van der Waals surface area contributed by atoms with E-state index in [1.165, 1.54) is 11.8 Å². The number of amides is 1. The van der Waals surface area contributed by atoms with Gasteiger partial charge in [0.25, 0.3) is 0 Å². The molecule has 2 rings (SSSR count). The molecule has 1 atom stereocenters. The van der Waals surface area contributed by atoms with Crippen LogP contribution in [0.1, 0.15) is 18.5 Å². The zero-order chi connectivity index (χ0) is 12.8. The summed E-state index contributed by atoms with van der Waals surface area (Å²) in [4.78, 5) is 11.6. The van der Waals surface area contributed by atoms with Gasteiger partial charge in [0.1, 0.15) is 5.03 Å². The molecule has 0 aliphatic carbocycles. The van der Waals surface area contributed by atoms with Crippen molar-refractivity contribution in [2.45, 2.75) is 30.9 Å². The van der Waals surface area contributed by atoms with Crippen molar-refractivity contribution < 1.29 is 9.53 Å². The van der Waals surface area contributed by atoms with Gasteiger partial charge in [-0.2, -0.15) is 5.10 Å². The first kappa shape index (κ1) is 13.3. The highest BCUT2D eigenvalue weighted by atomic mass is 32.2. The van der Waals surface area contributed by atoms with E-state index >= 15 is 0 Å². The van der Waals surface area contributed by atoms with Gasteiger partial charge in [-0.15, -0.1) is 5.10 Å². The van der Waals surface area contributed by atoms with Crippen molar-refractivity contribution in [2.24, 2.45) is 0 Å². The number of carbonyl (C=O) groups excluding carboxylic acids is 1. The Labute approximate surface area is 111 Å². The number of aryl methyl sites for hydroxylation is 1. The van der Waals surface area contributed by atoms with E-state index < -0.39 is 0 Å². The van der Waals surface area contributed by atoms with Crippen molar-refractivity contribution >= 4 is 17.7 Å². The molecule has 0 aromatic carbocycles. The van der Waals surface area contributed by atoms with E-state index in [9.17, 15) is 4.79 Å². The summed E-state index contributed by atoms with van der Waals surface area (Å²) in [5.74, 6) is 0.377. The average molecular weight is 267 g/mol. The van der Waals surface area contributed by atoms with Crippen LogP contribution in [0.5, 0.6) is 0 Å². The van der Waals surface area contributed by atoms with Crippen LogP contribution in [0.15, 0.2) is 17.2 Å². The standard InChI is InChI=1S/C12H17N3O2S/c1-9-4-5-12(15-14-9)18-8-11(16)13-7-10-3-2-6-17-10/h4-5,10H,2-3,6-8H2,1H3,(H,13,16). The van der Waals surface area contributed by atoms with E-state index in [1.807, 2.05) is 19.1 Å². The SMILES string of the molecule is Cc1ccc(SCC(=O)NCC2CCCO2)nn1. The first-order valence-electron chi connectivity index (χ1n) is 6.05. The lowest BCUT2D eigenvalue weighted by molar-refractivity contribution is -0.119. The molecule has 0 saturated carbocycles. The minimum atomic E-state index is 0.0119. The van der Waals surface area contributed by atoms with Crippen LogP contribution in [0.4, 0.5) is 0 Å². The Balaban J connectivity index is 1.66. The number of rotatable bonds is 5. The van der Waals surface area contributed by atoms with Crippen molar-refractivity contribution in [1.29, 1.82) is 0 Å². The normalized spacial score (nSPS) is 18.8. The summed E-state index contributed by atoms with van der Waals surface area (Å²) >= 11 is 1.39. The number of hydrogen-bond donors (Lipinski definition) is 1. The number of carbonyl (C=O) groups is 1. The van der Waals surface area contributed by atoms with E-state index in [-0.39, 0.29) is 12.0 Å². The Morgan fingerprint density at radius 3 is 3.11 bits per heavy atom. The molecule has 1 unspecified atom stereocenters. The summed E-state index contributed by atoms with van der Waals surface area (Å²) in [5, 5.41) is 11.6. The first-order chi connectivity index (χ1) is 8.74. The molecule has 1 aromatic rings. The number of thioether (sulfide) groups is 1. The van der Waals surface area contributed by atoms with Gasteiger partial charge in [-0.1, -0.05) is 11.8 Å². The zero-order valence-corrected chi connectivity index (χ0v) is 11.2. The van der Waals surface area contributed by atoms with E-state index in [1.54, 1.807) is 0 Å². The molecule has 0 spiro atoms. The Morgan fingerprint density at radius 2 is 2.44 bits per heavy atom. The molecule has 1 aliphatic heterocycles. The first-order valence-corrected chi connectivity index (χ1v) is 7.04. The summed E-state index contributed by atoms with van der Waals surface area (Å²) in [5.41, 5.74) is 0.877. The maximum Gasteiger partial charge on any atom is 0.230 e. The molecular weight excluding hydrogens is 250 g/mol. The molecule has 1 amide bonds. The van der Waals surface area contributed by atoms with Gasteiger partial charge in [0.2, 0.25) is 5.91 Å².